The van der Waals surface area contributed by atoms with Crippen molar-refractivity contribution >= 4 is 21.8 Å². The van der Waals surface area contributed by atoms with Gasteiger partial charge in [-0.05, 0) is 56.6 Å². The van der Waals surface area contributed by atoms with E-state index in [9.17, 15) is 11.0 Å². The summed E-state index contributed by atoms with van der Waals surface area (Å²) in [5.74, 6) is -1.65. The van der Waals surface area contributed by atoms with Gasteiger partial charge in [0.1, 0.15) is 0 Å². The molecule has 0 saturated carbocycles. The molecule has 1 unspecified atom stereocenters. The van der Waals surface area contributed by atoms with E-state index in [1.54, 1.807) is 0 Å². The van der Waals surface area contributed by atoms with Crippen molar-refractivity contribution in [1.82, 2.24) is 4.57 Å². The van der Waals surface area contributed by atoms with E-state index in [0.717, 1.165) is 10.6 Å². The molecule has 2 aliphatic rings. The van der Waals surface area contributed by atoms with E-state index in [-0.39, 0.29) is 55.2 Å². The Bertz CT molecular complexity index is 3180. The predicted molar refractivity (Wildman–Crippen MR) is 158 cm³/mol. The normalized spacial score (nSPS) is 21.9. The van der Waals surface area contributed by atoms with Crippen molar-refractivity contribution in [2.45, 2.75) is 5.92 Å². The highest BCUT2D eigenvalue weighted by atomic mass is 15.0. The van der Waals surface area contributed by atoms with Crippen LogP contribution in [-0.4, -0.2) is 4.57 Å². The smallest absolute Gasteiger partial charge is 0.0645 e. The van der Waals surface area contributed by atoms with Crippen molar-refractivity contribution in [3.63, 3.8) is 0 Å². The molecule has 1 atom stereocenters. The van der Waals surface area contributed by atoms with Crippen molar-refractivity contribution in [3.8, 4) is 39.1 Å². The molecule has 1 nitrogen and oxygen atoms in total. The van der Waals surface area contributed by atoms with Crippen LogP contribution in [0.25, 0.3) is 60.9 Å². The van der Waals surface area contributed by atoms with Gasteiger partial charge in [-0.2, -0.15) is 0 Å². The van der Waals surface area contributed by atoms with Crippen molar-refractivity contribution in [2.24, 2.45) is 0 Å². The molecule has 1 aliphatic carbocycles. The quantitative estimate of drug-likeness (QED) is 0.195. The standard InChI is InChI=1S/C37H23N/c1-2-12-24-23(11-1)28-17-9-18-29-25-13-3-4-15-27(25)36(35(28)29)32-16-6-8-22-34(32)38-33-21-7-5-14-26(33)31-20-10-19-30(24)37(31)38/h1-22,36H/i1D,2D,3D,4D,5D,6D,7D,8D,9D,10D,12D,13D,14D,15D,16D,18D,19D,20D,21D,22D. The van der Waals surface area contributed by atoms with Gasteiger partial charge in [-0.15, -0.1) is 0 Å². The third-order valence-corrected chi connectivity index (χ3v) is 7.22. The highest BCUT2D eigenvalue weighted by Crippen LogP contribution is 2.55. The zero-order chi connectivity index (χ0) is 42.2. The molecule has 9 rings (SSSR count). The van der Waals surface area contributed by atoms with Gasteiger partial charge in [0.15, 0.2) is 0 Å². The number of aromatic nitrogens is 1. The number of benzene rings is 6. The molecule has 0 saturated heterocycles. The van der Waals surface area contributed by atoms with Gasteiger partial charge in [0, 0.05) is 22.3 Å². The Kier molecular flexibility index (Phi) is 1.77. The summed E-state index contributed by atoms with van der Waals surface area (Å²) in [6.07, 6.45) is 0. The first-order chi connectivity index (χ1) is 27.2. The second-order valence-electron chi connectivity index (χ2n) is 8.96. The van der Waals surface area contributed by atoms with Crippen LogP contribution in [0, 0.1) is 0 Å². The van der Waals surface area contributed by atoms with Crippen molar-refractivity contribution in [2.75, 3.05) is 0 Å². The summed E-state index contributed by atoms with van der Waals surface area (Å²) in [4.78, 5) is 0. The van der Waals surface area contributed by atoms with E-state index < -0.39 is 149 Å². The van der Waals surface area contributed by atoms with Crippen LogP contribution in [0.2, 0.25) is 0 Å². The molecule has 38 heavy (non-hydrogen) atoms. The summed E-state index contributed by atoms with van der Waals surface area (Å²) >= 11 is 0. The van der Waals surface area contributed by atoms with Crippen LogP contribution in [0.4, 0.5) is 0 Å². The maximum absolute atomic E-state index is 9.51. The fourth-order valence-corrected chi connectivity index (χ4v) is 5.78. The molecule has 0 bridgehead atoms. The van der Waals surface area contributed by atoms with E-state index in [1.165, 1.54) is 6.07 Å². The maximum Gasteiger partial charge on any atom is 0.0645 e. The SMILES string of the molecule is [2H]c1cc2c(c([2H])c1[2H])-c1c([2H])c([2H])c([2H])c3c4c([2H])c([2H])c([2H])c([2H])c4n(c13)-c1c([2H])c([2H])c([2H])c([2H])c1C1c3c-2cc([2H])c([2H])c3-c2c([2H])c([2H])c([2H])c([2H])c21. The molecule has 0 N–H and O–H groups in total. The fraction of sp³-hybridized carbons (Fsp3) is 0.0270. The molecule has 1 aliphatic heterocycles. The van der Waals surface area contributed by atoms with Gasteiger partial charge in [-0.1, -0.05) is 121 Å². The molecule has 7 aromatic rings. The lowest BCUT2D eigenvalue weighted by atomic mass is 9.82. The van der Waals surface area contributed by atoms with E-state index in [0.29, 0.717) is 0 Å². The first-order valence-corrected chi connectivity index (χ1v) is 11.7. The third kappa shape index (κ3) is 2.46. The van der Waals surface area contributed by atoms with Crippen LogP contribution in [0.1, 0.15) is 50.0 Å². The summed E-state index contributed by atoms with van der Waals surface area (Å²) in [7, 11) is 0. The molecule has 0 spiro atoms. The van der Waals surface area contributed by atoms with Crippen LogP contribution in [0.5, 0.6) is 0 Å². The molecule has 6 aromatic carbocycles. The van der Waals surface area contributed by atoms with Gasteiger partial charge in [0.05, 0.1) is 44.1 Å². The predicted octanol–water partition coefficient (Wildman–Crippen LogP) is 9.59. The van der Waals surface area contributed by atoms with Crippen LogP contribution >= 0.6 is 0 Å². The van der Waals surface area contributed by atoms with E-state index >= 15 is 0 Å². The number of hydrogen-bond acceptors (Lipinski definition) is 0. The summed E-state index contributed by atoms with van der Waals surface area (Å²) in [6.45, 7) is 0. The fourth-order valence-electron chi connectivity index (χ4n) is 5.78. The molecule has 176 valence electrons. The zero-order valence-electron chi connectivity index (χ0n) is 39.2. The minimum absolute atomic E-state index is 0.0835. The minimum Gasteiger partial charge on any atom is -0.308 e. The number of nitrogens with zero attached hydrogens (tertiary/aromatic N) is 1. The van der Waals surface area contributed by atoms with E-state index in [4.69, 9.17) is 16.4 Å². The van der Waals surface area contributed by atoms with Gasteiger partial charge in [-0.25, -0.2) is 0 Å². The Morgan fingerprint density at radius 1 is 0.474 bits per heavy atom. The molecule has 1 heteroatoms. The lowest BCUT2D eigenvalue weighted by Crippen LogP contribution is -2.08. The van der Waals surface area contributed by atoms with Crippen LogP contribution in [0.3, 0.4) is 0 Å². The summed E-state index contributed by atoms with van der Waals surface area (Å²) in [5.41, 5.74) is -3.53. The summed E-state index contributed by atoms with van der Waals surface area (Å²) in [6, 6.07) is -11.7. The number of hydrogen-bond donors (Lipinski definition) is 0. The number of rotatable bonds is 0. The van der Waals surface area contributed by atoms with Gasteiger partial charge < -0.3 is 4.57 Å². The summed E-state index contributed by atoms with van der Waals surface area (Å²) in [5, 5.41) is -0.732. The molecule has 0 radical (unpaired) electrons. The van der Waals surface area contributed by atoms with Crippen molar-refractivity contribution in [3.05, 3.63) is 150 Å². The lowest BCUT2D eigenvalue weighted by molar-refractivity contribution is 0.983. The van der Waals surface area contributed by atoms with E-state index in [2.05, 4.69) is 0 Å². The van der Waals surface area contributed by atoms with Gasteiger partial charge in [0.25, 0.3) is 0 Å². The van der Waals surface area contributed by atoms with Crippen LogP contribution in [0.15, 0.2) is 133 Å². The molecule has 0 fully saturated rings. The average Bonchev–Trinajstić information content (AvgIpc) is 3.73. The largest absolute Gasteiger partial charge is 0.308 e. The van der Waals surface area contributed by atoms with Gasteiger partial charge in [-0.3, -0.25) is 0 Å². The Morgan fingerprint density at radius 2 is 1.16 bits per heavy atom. The number of para-hydroxylation sites is 3. The monoisotopic (exact) mass is 501 g/mol. The minimum atomic E-state index is -1.65. The van der Waals surface area contributed by atoms with Crippen LogP contribution in [-0.2, 0) is 0 Å². The highest BCUT2D eigenvalue weighted by Gasteiger charge is 2.35. The maximum atomic E-state index is 9.51. The van der Waals surface area contributed by atoms with E-state index in [1.807, 2.05) is 0 Å². The Morgan fingerprint density at radius 3 is 2.13 bits per heavy atom. The molecule has 1 aromatic heterocycles. The highest BCUT2D eigenvalue weighted by molar-refractivity contribution is 6.15. The Hall–Kier alpha value is -4.88. The van der Waals surface area contributed by atoms with Crippen molar-refractivity contribution < 1.29 is 27.4 Å². The molecular formula is C37H23N. The van der Waals surface area contributed by atoms with Crippen molar-refractivity contribution in [1.29, 1.82) is 0 Å². The summed E-state index contributed by atoms with van der Waals surface area (Å²) < 4.78 is 182. The average molecular weight is 502 g/mol. The van der Waals surface area contributed by atoms with Gasteiger partial charge in [0.2, 0.25) is 0 Å². The first kappa shape index (κ1) is 9.15. The van der Waals surface area contributed by atoms with Crippen LogP contribution < -0.4 is 0 Å². The molecule has 2 heterocycles. The molecule has 0 amide bonds. The zero-order valence-corrected chi connectivity index (χ0v) is 19.2. The van der Waals surface area contributed by atoms with Gasteiger partial charge >= 0.3 is 0 Å². The Balaban J connectivity index is 1.76. The Labute approximate surface area is 249 Å². The second-order valence-corrected chi connectivity index (χ2v) is 8.96. The first-order valence-electron chi connectivity index (χ1n) is 21.7. The number of fused-ring (bicyclic) bond motifs is 12. The molecular weight excluding hydrogens is 458 g/mol. The lowest BCUT2D eigenvalue weighted by Gasteiger charge is -2.25. The third-order valence-electron chi connectivity index (χ3n) is 7.22. The second kappa shape index (κ2) is 7.34. The topological polar surface area (TPSA) is 4.93 Å².